The lowest BCUT2D eigenvalue weighted by molar-refractivity contribution is -0.136. The highest BCUT2D eigenvalue weighted by Crippen LogP contribution is 2.32. The molecule has 0 spiro atoms. The van der Waals surface area contributed by atoms with Gasteiger partial charge in [0.2, 0.25) is 11.8 Å². The molecular weight excluding hydrogens is 587 g/mol. The summed E-state index contributed by atoms with van der Waals surface area (Å²) < 4.78 is 25.4. The Labute approximate surface area is 259 Å². The zero-order valence-electron chi connectivity index (χ0n) is 25.0. The maximum absolute atomic E-state index is 14.5. The molecule has 3 aliphatic heterocycles. The molecule has 5 amide bonds. The number of nitrogen functional groups attached to an aromatic ring is 1. The van der Waals surface area contributed by atoms with Gasteiger partial charge in [-0.3, -0.25) is 39.1 Å². The number of hydrogen-bond donors (Lipinski definition) is 4. The van der Waals surface area contributed by atoms with Gasteiger partial charge in [-0.25, -0.2) is 4.39 Å². The summed E-state index contributed by atoms with van der Waals surface area (Å²) in [6.07, 6.45) is 3.07. The number of nitrogens with one attached hydrogen (secondary N) is 3. The number of halogens is 1. The van der Waals surface area contributed by atoms with Crippen molar-refractivity contribution in [2.75, 3.05) is 57.6 Å². The second-order valence-electron chi connectivity index (χ2n) is 11.2. The van der Waals surface area contributed by atoms with Gasteiger partial charge in [0.1, 0.15) is 11.8 Å². The third-order valence-corrected chi connectivity index (χ3v) is 8.35. The molecule has 0 saturated carbocycles. The molecule has 3 heterocycles. The number of amides is 5. The normalized spacial score (nSPS) is 20.2. The van der Waals surface area contributed by atoms with Gasteiger partial charge in [-0.15, -0.1) is 0 Å². The van der Waals surface area contributed by atoms with Crippen LogP contribution in [0.15, 0.2) is 30.3 Å². The van der Waals surface area contributed by atoms with Crippen molar-refractivity contribution in [3.8, 4) is 5.75 Å². The van der Waals surface area contributed by atoms with Crippen LogP contribution in [0.3, 0.4) is 0 Å². The van der Waals surface area contributed by atoms with Gasteiger partial charge in [-0.05, 0) is 44.0 Å². The summed E-state index contributed by atoms with van der Waals surface area (Å²) in [5.74, 6) is -3.25. The number of ether oxygens (including phenoxy) is 2. The standard InChI is InChI=1S/C31H37FN6O7/c1-44-19-15-21(27(32)22(33)16-19)28(40)35-17-18-5-2-3-11-37(18)12-14-45-13-10-34-23-7-4-6-20-26(23)31(43)38(30(20)42)24-8-9-25(39)36-29(24)41/h4,6-7,15-16,18,24,34H,2-3,5,8-14,17,33H2,1H3,(H,35,40)(H,36,39,41). The van der Waals surface area contributed by atoms with Gasteiger partial charge in [-0.2, -0.15) is 0 Å². The minimum atomic E-state index is -1.03. The number of carbonyl (C=O) groups is 5. The van der Waals surface area contributed by atoms with Crippen molar-refractivity contribution in [1.82, 2.24) is 20.4 Å². The first kappa shape index (κ1) is 31.9. The molecule has 0 aromatic heterocycles. The van der Waals surface area contributed by atoms with Gasteiger partial charge >= 0.3 is 0 Å². The Balaban J connectivity index is 1.09. The van der Waals surface area contributed by atoms with Crippen LogP contribution in [-0.4, -0.2) is 97.9 Å². The van der Waals surface area contributed by atoms with Gasteiger partial charge in [0.15, 0.2) is 5.82 Å². The molecule has 0 aliphatic carbocycles. The van der Waals surface area contributed by atoms with Crippen LogP contribution >= 0.6 is 0 Å². The van der Waals surface area contributed by atoms with E-state index in [-0.39, 0.29) is 41.3 Å². The highest BCUT2D eigenvalue weighted by atomic mass is 19.1. The lowest BCUT2D eigenvalue weighted by Gasteiger charge is -2.35. The van der Waals surface area contributed by atoms with Gasteiger partial charge in [-0.1, -0.05) is 12.5 Å². The Kier molecular flexibility index (Phi) is 9.93. The number of benzene rings is 2. The first-order valence-corrected chi connectivity index (χ1v) is 15.0. The van der Waals surface area contributed by atoms with Crippen LogP contribution in [0.2, 0.25) is 0 Å². The van der Waals surface area contributed by atoms with Crippen LogP contribution in [0.4, 0.5) is 15.8 Å². The van der Waals surface area contributed by atoms with Crippen molar-refractivity contribution in [2.45, 2.75) is 44.2 Å². The zero-order chi connectivity index (χ0) is 32.1. The van der Waals surface area contributed by atoms with Gasteiger partial charge in [0.25, 0.3) is 17.7 Å². The summed E-state index contributed by atoms with van der Waals surface area (Å²) in [5, 5.41) is 8.18. The fraction of sp³-hybridized carbons (Fsp3) is 0.452. The molecule has 0 bridgehead atoms. The number of imide groups is 2. The lowest BCUT2D eigenvalue weighted by Crippen LogP contribution is -2.54. The fourth-order valence-electron chi connectivity index (χ4n) is 6.00. The predicted octanol–water partition coefficient (Wildman–Crippen LogP) is 1.53. The van der Waals surface area contributed by atoms with E-state index in [2.05, 4.69) is 20.9 Å². The molecule has 240 valence electrons. The van der Waals surface area contributed by atoms with E-state index in [1.165, 1.54) is 19.2 Å². The third-order valence-electron chi connectivity index (χ3n) is 8.35. The number of rotatable bonds is 12. The monoisotopic (exact) mass is 624 g/mol. The quantitative estimate of drug-likeness (QED) is 0.154. The summed E-state index contributed by atoms with van der Waals surface area (Å²) >= 11 is 0. The van der Waals surface area contributed by atoms with E-state index in [1.807, 2.05) is 0 Å². The molecule has 2 unspecified atom stereocenters. The number of carbonyl (C=O) groups excluding carboxylic acids is 5. The molecule has 2 saturated heterocycles. The Morgan fingerprint density at radius 3 is 2.71 bits per heavy atom. The van der Waals surface area contributed by atoms with Gasteiger partial charge in [0.05, 0.1) is 42.7 Å². The van der Waals surface area contributed by atoms with Crippen LogP contribution in [0, 0.1) is 5.82 Å². The molecule has 2 atom stereocenters. The summed E-state index contributed by atoms with van der Waals surface area (Å²) in [5.41, 5.74) is 6.23. The van der Waals surface area contributed by atoms with Crippen molar-refractivity contribution in [3.05, 3.63) is 52.8 Å². The number of nitrogens with zero attached hydrogens (tertiary/aromatic N) is 2. The zero-order valence-corrected chi connectivity index (χ0v) is 25.0. The lowest BCUT2D eigenvalue weighted by atomic mass is 10.0. The second-order valence-corrected chi connectivity index (χ2v) is 11.2. The molecule has 0 radical (unpaired) electrons. The molecule has 3 aliphatic rings. The first-order valence-electron chi connectivity index (χ1n) is 15.0. The SMILES string of the molecule is COc1cc(N)c(F)c(C(=O)NCC2CCCCN2CCOCCNc2cccc3c2C(=O)N(C2CCC(=O)NC2=O)C3=O)c1. The largest absolute Gasteiger partial charge is 0.497 e. The summed E-state index contributed by atoms with van der Waals surface area (Å²) in [7, 11) is 1.42. The highest BCUT2D eigenvalue weighted by Gasteiger charge is 2.45. The minimum Gasteiger partial charge on any atom is -0.497 e. The van der Waals surface area contributed by atoms with E-state index in [1.54, 1.807) is 18.2 Å². The minimum absolute atomic E-state index is 0.0535. The Morgan fingerprint density at radius 1 is 1.11 bits per heavy atom. The van der Waals surface area contributed by atoms with Crippen LogP contribution in [0.5, 0.6) is 5.75 Å². The number of methoxy groups -OCH3 is 1. The van der Waals surface area contributed by atoms with E-state index in [4.69, 9.17) is 15.2 Å². The molecule has 5 N–H and O–H groups in total. The topological polar surface area (TPSA) is 172 Å². The molecule has 2 fully saturated rings. The Morgan fingerprint density at radius 2 is 1.93 bits per heavy atom. The highest BCUT2D eigenvalue weighted by molar-refractivity contribution is 6.25. The van der Waals surface area contributed by atoms with Crippen LogP contribution in [-0.2, 0) is 14.3 Å². The second kappa shape index (κ2) is 14.0. The van der Waals surface area contributed by atoms with Crippen molar-refractivity contribution in [1.29, 1.82) is 0 Å². The van der Waals surface area contributed by atoms with Crippen LogP contribution in [0.25, 0.3) is 0 Å². The van der Waals surface area contributed by atoms with E-state index in [9.17, 15) is 28.4 Å². The van der Waals surface area contributed by atoms with Crippen LogP contribution in [0.1, 0.15) is 63.2 Å². The van der Waals surface area contributed by atoms with Gasteiger partial charge in [0, 0.05) is 43.9 Å². The maximum atomic E-state index is 14.5. The molecule has 13 nitrogen and oxygen atoms in total. The number of hydrogen-bond acceptors (Lipinski definition) is 10. The van der Waals surface area contributed by atoms with Gasteiger partial charge < -0.3 is 25.8 Å². The average Bonchev–Trinajstić information content (AvgIpc) is 3.29. The number of nitrogens with two attached hydrogens (primary N) is 1. The summed E-state index contributed by atoms with van der Waals surface area (Å²) in [6.45, 7) is 2.95. The molecule has 2 aromatic rings. The number of anilines is 2. The number of likely N-dealkylation sites (tertiary alicyclic amines) is 1. The van der Waals surface area contributed by atoms with Crippen molar-refractivity contribution >= 4 is 40.9 Å². The van der Waals surface area contributed by atoms with Crippen molar-refractivity contribution in [3.63, 3.8) is 0 Å². The number of fused-ring (bicyclic) bond motifs is 1. The van der Waals surface area contributed by atoms with Crippen molar-refractivity contribution in [2.24, 2.45) is 0 Å². The molecule has 14 heteroatoms. The smallest absolute Gasteiger partial charge is 0.264 e. The molecule has 45 heavy (non-hydrogen) atoms. The molecule has 2 aromatic carbocycles. The average molecular weight is 625 g/mol. The van der Waals surface area contributed by atoms with E-state index in [0.29, 0.717) is 44.3 Å². The van der Waals surface area contributed by atoms with E-state index in [0.717, 1.165) is 30.7 Å². The number of piperidine rings is 2. The van der Waals surface area contributed by atoms with Crippen LogP contribution < -0.4 is 26.4 Å². The summed E-state index contributed by atoms with van der Waals surface area (Å²) in [4.78, 5) is 66.0. The Hall–Kier alpha value is -4.56. The summed E-state index contributed by atoms with van der Waals surface area (Å²) in [6, 6.07) is 6.59. The van der Waals surface area contributed by atoms with E-state index < -0.39 is 41.4 Å². The maximum Gasteiger partial charge on any atom is 0.264 e. The first-order chi connectivity index (χ1) is 21.7. The third kappa shape index (κ3) is 6.91. The fourth-order valence-corrected chi connectivity index (χ4v) is 6.00. The Bertz CT molecular complexity index is 1500. The van der Waals surface area contributed by atoms with E-state index >= 15 is 0 Å². The molecular formula is C31H37FN6O7. The van der Waals surface area contributed by atoms with Crippen molar-refractivity contribution < 1.29 is 37.8 Å². The molecule has 5 rings (SSSR count). The predicted molar refractivity (Wildman–Crippen MR) is 161 cm³/mol.